The number of ether oxygens (including phenoxy) is 1. The molecule has 0 saturated heterocycles. The highest BCUT2D eigenvalue weighted by Crippen LogP contribution is 2.42. The van der Waals surface area contributed by atoms with Gasteiger partial charge in [0.2, 0.25) is 6.29 Å². The van der Waals surface area contributed by atoms with Crippen LogP contribution in [0.15, 0.2) is 47.8 Å². The Morgan fingerprint density at radius 3 is 2.68 bits per heavy atom. The van der Waals surface area contributed by atoms with Gasteiger partial charge in [-0.15, -0.1) is 0 Å². The van der Waals surface area contributed by atoms with E-state index >= 15 is 0 Å². The molecule has 0 aromatic heterocycles. The van der Waals surface area contributed by atoms with Crippen molar-refractivity contribution < 1.29 is 24.9 Å². The van der Waals surface area contributed by atoms with Crippen molar-refractivity contribution in [3.63, 3.8) is 0 Å². The van der Waals surface area contributed by atoms with Gasteiger partial charge in [0.05, 0.1) is 24.4 Å². The molecular weight excluding hydrogens is 320 g/mol. The Labute approximate surface area is 149 Å². The fourth-order valence-electron chi connectivity index (χ4n) is 3.60. The highest BCUT2D eigenvalue weighted by atomic mass is 16.6. The van der Waals surface area contributed by atoms with Gasteiger partial charge in [-0.25, -0.2) is 4.79 Å². The Bertz CT molecular complexity index is 587. The van der Waals surface area contributed by atoms with Crippen LogP contribution in [0.4, 0.5) is 0 Å². The largest absolute Gasteiger partial charge is 0.478 e. The lowest BCUT2D eigenvalue weighted by Gasteiger charge is -2.39. The molecule has 0 spiro atoms. The molecule has 5 heteroatoms. The summed E-state index contributed by atoms with van der Waals surface area (Å²) < 4.78 is 5.41. The third-order valence-corrected chi connectivity index (χ3v) is 5.04. The minimum absolute atomic E-state index is 0.117. The van der Waals surface area contributed by atoms with Gasteiger partial charge in [0.1, 0.15) is 0 Å². The second-order valence-corrected chi connectivity index (χ2v) is 6.92. The number of carboxylic acids is 1. The van der Waals surface area contributed by atoms with Gasteiger partial charge in [0.25, 0.3) is 0 Å². The number of aliphatic hydroxyl groups is 2. The molecule has 25 heavy (non-hydrogen) atoms. The molecule has 0 amide bonds. The summed E-state index contributed by atoms with van der Waals surface area (Å²) in [5, 5.41) is 29.8. The second-order valence-electron chi connectivity index (χ2n) is 6.92. The molecule has 1 aliphatic carbocycles. The predicted octanol–water partition coefficient (Wildman–Crippen LogP) is 3.31. The van der Waals surface area contributed by atoms with Gasteiger partial charge in [-0.3, -0.25) is 0 Å². The first-order chi connectivity index (χ1) is 12.0. The average Bonchev–Trinajstić information content (AvgIpc) is 2.73. The fraction of sp³-hybridized carbons (Fsp3) is 0.550. The van der Waals surface area contributed by atoms with Gasteiger partial charge >= 0.3 is 5.97 Å². The molecule has 3 unspecified atom stereocenters. The van der Waals surface area contributed by atoms with E-state index in [1.807, 2.05) is 6.08 Å². The van der Waals surface area contributed by atoms with Crippen molar-refractivity contribution in [1.82, 2.24) is 0 Å². The standard InChI is InChI=1S/C20H28O5/c1-20(11-6-4-2-3-5-7-12-20)17-15(13-21)9-8-10-16(18(22)23)14-25-19(17)24/h2,4,7,9,12,14,17,19,21,24H,3,5-6,8,10-11,13H2,1H3,(H,22,23). The number of hydrogen-bond acceptors (Lipinski definition) is 4. The summed E-state index contributed by atoms with van der Waals surface area (Å²) >= 11 is 0. The third-order valence-electron chi connectivity index (χ3n) is 5.04. The van der Waals surface area contributed by atoms with Crippen molar-refractivity contribution >= 4 is 5.97 Å². The molecule has 0 bridgehead atoms. The normalized spacial score (nSPS) is 31.2. The molecule has 2 rings (SSSR count). The maximum atomic E-state index is 11.2. The highest BCUT2D eigenvalue weighted by Gasteiger charge is 2.40. The topological polar surface area (TPSA) is 87.0 Å². The zero-order valence-corrected chi connectivity index (χ0v) is 14.7. The molecule has 1 heterocycles. The minimum Gasteiger partial charge on any atom is -0.478 e. The van der Waals surface area contributed by atoms with Crippen molar-refractivity contribution in [3.8, 4) is 0 Å². The summed E-state index contributed by atoms with van der Waals surface area (Å²) in [7, 11) is 0. The molecule has 0 fully saturated rings. The summed E-state index contributed by atoms with van der Waals surface area (Å²) in [5.41, 5.74) is 0.416. The van der Waals surface area contributed by atoms with Gasteiger partial charge in [0, 0.05) is 0 Å². The molecule has 3 atom stereocenters. The van der Waals surface area contributed by atoms with Crippen LogP contribution < -0.4 is 0 Å². The lowest BCUT2D eigenvalue weighted by atomic mass is 9.69. The zero-order chi connectivity index (χ0) is 18.3. The SMILES string of the molecule is CC1(C2C(CO)=CCCC(C(=O)O)=COC2O)C=CCCC=CCC1. The Morgan fingerprint density at radius 1 is 1.24 bits per heavy atom. The number of aliphatic hydroxyl groups excluding tert-OH is 2. The van der Waals surface area contributed by atoms with E-state index in [-0.39, 0.29) is 12.2 Å². The van der Waals surface area contributed by atoms with Gasteiger partial charge in [0.15, 0.2) is 0 Å². The van der Waals surface area contributed by atoms with E-state index in [1.54, 1.807) is 0 Å². The molecule has 2 aliphatic rings. The van der Waals surface area contributed by atoms with Crippen LogP contribution in [0, 0.1) is 11.3 Å². The van der Waals surface area contributed by atoms with E-state index in [9.17, 15) is 20.1 Å². The molecule has 0 radical (unpaired) electrons. The van der Waals surface area contributed by atoms with Crippen molar-refractivity contribution in [1.29, 1.82) is 0 Å². The Hall–Kier alpha value is -1.85. The Kier molecular flexibility index (Phi) is 7.02. The highest BCUT2D eigenvalue weighted by molar-refractivity contribution is 5.86. The van der Waals surface area contributed by atoms with Gasteiger partial charge in [-0.2, -0.15) is 0 Å². The number of carboxylic acid groups (broad SMARTS) is 1. The molecule has 3 N–H and O–H groups in total. The van der Waals surface area contributed by atoms with Crippen LogP contribution >= 0.6 is 0 Å². The van der Waals surface area contributed by atoms with Crippen LogP contribution in [-0.4, -0.2) is 34.2 Å². The maximum absolute atomic E-state index is 11.2. The second kappa shape index (κ2) is 9.02. The van der Waals surface area contributed by atoms with Crippen LogP contribution in [-0.2, 0) is 9.53 Å². The predicted molar refractivity (Wildman–Crippen MR) is 95.6 cm³/mol. The number of hydrogen-bond donors (Lipinski definition) is 3. The zero-order valence-electron chi connectivity index (χ0n) is 14.7. The van der Waals surface area contributed by atoms with Gasteiger partial charge < -0.3 is 20.1 Å². The molecular formula is C20H28O5. The smallest absolute Gasteiger partial charge is 0.334 e. The van der Waals surface area contributed by atoms with E-state index < -0.39 is 23.6 Å². The summed E-state index contributed by atoms with van der Waals surface area (Å²) in [6.45, 7) is 1.87. The van der Waals surface area contributed by atoms with Crippen molar-refractivity contribution in [2.75, 3.05) is 6.61 Å². The first kappa shape index (κ1) is 19.5. The molecule has 1 aliphatic heterocycles. The van der Waals surface area contributed by atoms with Gasteiger partial charge in [-0.05, 0) is 49.5 Å². The van der Waals surface area contributed by atoms with Crippen LogP contribution in [0.5, 0.6) is 0 Å². The van der Waals surface area contributed by atoms with Crippen LogP contribution in [0.2, 0.25) is 0 Å². The van der Waals surface area contributed by atoms with E-state index in [0.29, 0.717) is 18.4 Å². The average molecular weight is 348 g/mol. The first-order valence-electron chi connectivity index (χ1n) is 8.86. The molecule has 138 valence electrons. The minimum atomic E-state index is -1.22. The quantitative estimate of drug-likeness (QED) is 0.681. The lowest BCUT2D eigenvalue weighted by Crippen LogP contribution is -2.38. The first-order valence-corrected chi connectivity index (χ1v) is 8.86. The van der Waals surface area contributed by atoms with Crippen LogP contribution in [0.1, 0.15) is 45.4 Å². The molecule has 0 aromatic rings. The van der Waals surface area contributed by atoms with E-state index in [0.717, 1.165) is 31.9 Å². The monoisotopic (exact) mass is 348 g/mol. The van der Waals surface area contributed by atoms with Crippen molar-refractivity contribution in [3.05, 3.63) is 47.8 Å². The van der Waals surface area contributed by atoms with Crippen LogP contribution in [0.25, 0.3) is 0 Å². The molecule has 0 aromatic carbocycles. The summed E-state index contributed by atoms with van der Waals surface area (Å²) in [6.07, 6.45) is 14.7. The molecule has 0 saturated carbocycles. The number of aliphatic carboxylic acids is 1. The number of rotatable bonds is 3. The summed E-state index contributed by atoms with van der Waals surface area (Å²) in [6, 6.07) is 0. The number of carbonyl (C=O) groups is 1. The lowest BCUT2D eigenvalue weighted by molar-refractivity contribution is -0.133. The van der Waals surface area contributed by atoms with Crippen molar-refractivity contribution in [2.24, 2.45) is 11.3 Å². The van der Waals surface area contributed by atoms with E-state index in [2.05, 4.69) is 31.2 Å². The maximum Gasteiger partial charge on any atom is 0.334 e. The fourth-order valence-corrected chi connectivity index (χ4v) is 3.60. The third kappa shape index (κ3) is 5.06. The van der Waals surface area contributed by atoms with Crippen LogP contribution in [0.3, 0.4) is 0 Å². The number of allylic oxidation sites excluding steroid dienone is 5. The van der Waals surface area contributed by atoms with E-state index in [1.165, 1.54) is 0 Å². The Morgan fingerprint density at radius 2 is 1.96 bits per heavy atom. The van der Waals surface area contributed by atoms with Gasteiger partial charge in [-0.1, -0.05) is 37.3 Å². The Balaban J connectivity index is 2.38. The van der Waals surface area contributed by atoms with Crippen molar-refractivity contribution in [2.45, 2.75) is 51.7 Å². The summed E-state index contributed by atoms with van der Waals surface area (Å²) in [4.78, 5) is 11.2. The summed E-state index contributed by atoms with van der Waals surface area (Å²) in [5.74, 6) is -1.49. The van der Waals surface area contributed by atoms with E-state index in [4.69, 9.17) is 4.74 Å². The molecule has 5 nitrogen and oxygen atoms in total.